The Kier molecular flexibility index (Phi) is 3.53. The summed E-state index contributed by atoms with van der Waals surface area (Å²) in [6.45, 7) is 5.49. The fraction of sp³-hybridized carbons (Fsp3) is 0.833. The van der Waals surface area contributed by atoms with Gasteiger partial charge in [0.05, 0.1) is 0 Å². The third-order valence-electron chi connectivity index (χ3n) is 3.61. The van der Waals surface area contributed by atoms with Gasteiger partial charge in [-0.25, -0.2) is 0 Å². The molecule has 1 heterocycles. The molecule has 3 nitrogen and oxygen atoms in total. The maximum Gasteiger partial charge on any atom is 0.225 e. The van der Waals surface area contributed by atoms with E-state index in [-0.39, 0.29) is 0 Å². The number of aryl methyl sites for hydroxylation is 1. The predicted molar refractivity (Wildman–Crippen MR) is 65.6 cm³/mol. The van der Waals surface area contributed by atoms with Crippen LogP contribution in [0.15, 0.2) is 0 Å². The molecule has 0 aliphatic heterocycles. The zero-order chi connectivity index (χ0) is 11.6. The maximum atomic E-state index is 6.11. The summed E-state index contributed by atoms with van der Waals surface area (Å²) >= 11 is 6.11. The van der Waals surface area contributed by atoms with E-state index in [0.29, 0.717) is 10.7 Å². The second kappa shape index (κ2) is 4.74. The smallest absolute Gasteiger partial charge is 0.225 e. The average molecular weight is 242 g/mol. The van der Waals surface area contributed by atoms with Gasteiger partial charge in [-0.3, -0.25) is 0 Å². The fourth-order valence-corrected chi connectivity index (χ4v) is 2.84. The molecule has 0 radical (unpaired) electrons. The molecule has 0 spiro atoms. The zero-order valence-electron chi connectivity index (χ0n) is 10.2. The van der Waals surface area contributed by atoms with E-state index in [9.17, 15) is 0 Å². The van der Waals surface area contributed by atoms with E-state index in [1.807, 2.05) is 0 Å². The third kappa shape index (κ3) is 2.40. The predicted octanol–water partition coefficient (Wildman–Crippen LogP) is 3.46. The molecule has 1 aliphatic rings. The van der Waals surface area contributed by atoms with Gasteiger partial charge in [-0.2, -0.15) is 0 Å². The van der Waals surface area contributed by atoms with Gasteiger partial charge >= 0.3 is 0 Å². The van der Waals surface area contributed by atoms with Crippen LogP contribution in [0.2, 0.25) is 5.28 Å². The summed E-state index contributed by atoms with van der Waals surface area (Å²) in [6, 6.07) is 0. The van der Waals surface area contributed by atoms with Crippen LogP contribution in [-0.2, 0) is 13.0 Å². The van der Waals surface area contributed by atoms with E-state index in [1.54, 1.807) is 0 Å². The molecule has 0 atom stereocenters. The van der Waals surface area contributed by atoms with Crippen molar-refractivity contribution in [1.82, 2.24) is 14.8 Å². The first kappa shape index (κ1) is 11.9. The molecule has 1 aromatic rings. The Morgan fingerprint density at radius 3 is 2.62 bits per heavy atom. The van der Waals surface area contributed by atoms with Crippen molar-refractivity contribution in [2.24, 2.45) is 5.41 Å². The van der Waals surface area contributed by atoms with Crippen LogP contribution in [0.1, 0.15) is 51.8 Å². The minimum Gasteiger partial charge on any atom is -0.301 e. The molecule has 1 saturated carbocycles. The largest absolute Gasteiger partial charge is 0.301 e. The number of halogens is 1. The highest BCUT2D eigenvalue weighted by molar-refractivity contribution is 6.28. The van der Waals surface area contributed by atoms with Crippen LogP contribution in [0.3, 0.4) is 0 Å². The van der Waals surface area contributed by atoms with Crippen LogP contribution in [0.25, 0.3) is 0 Å². The van der Waals surface area contributed by atoms with Crippen molar-refractivity contribution in [3.8, 4) is 0 Å². The highest BCUT2D eigenvalue weighted by Gasteiger charge is 2.30. The molecule has 2 rings (SSSR count). The molecule has 0 amide bonds. The van der Waals surface area contributed by atoms with E-state index in [1.165, 1.54) is 25.7 Å². The summed E-state index contributed by atoms with van der Waals surface area (Å²) in [5.41, 5.74) is 0.397. The SMILES string of the molecule is CCCc1nnc(Cl)n1CC1(C)CCCC1. The lowest BCUT2D eigenvalue weighted by Crippen LogP contribution is -2.21. The van der Waals surface area contributed by atoms with Crippen LogP contribution < -0.4 is 0 Å². The molecule has 1 aromatic heterocycles. The van der Waals surface area contributed by atoms with Gasteiger partial charge in [-0.05, 0) is 36.3 Å². The number of rotatable bonds is 4. The lowest BCUT2D eigenvalue weighted by Gasteiger charge is -2.24. The molecule has 0 bridgehead atoms. The molecule has 0 unspecified atom stereocenters. The van der Waals surface area contributed by atoms with Gasteiger partial charge in [0.1, 0.15) is 5.82 Å². The maximum absolute atomic E-state index is 6.11. The van der Waals surface area contributed by atoms with Crippen molar-refractivity contribution in [3.63, 3.8) is 0 Å². The zero-order valence-corrected chi connectivity index (χ0v) is 10.9. The van der Waals surface area contributed by atoms with Crippen molar-refractivity contribution in [2.75, 3.05) is 0 Å². The number of nitrogens with zero attached hydrogens (tertiary/aromatic N) is 3. The van der Waals surface area contributed by atoms with E-state index >= 15 is 0 Å². The normalized spacial score (nSPS) is 19.2. The Hall–Kier alpha value is -0.570. The van der Waals surface area contributed by atoms with E-state index in [4.69, 9.17) is 11.6 Å². The van der Waals surface area contributed by atoms with Crippen LogP contribution in [-0.4, -0.2) is 14.8 Å². The molecular weight excluding hydrogens is 222 g/mol. The topological polar surface area (TPSA) is 30.7 Å². The second-order valence-electron chi connectivity index (χ2n) is 5.24. The Morgan fingerprint density at radius 2 is 2.00 bits per heavy atom. The standard InChI is InChI=1S/C12H20ClN3/c1-3-6-10-14-15-11(13)16(10)9-12(2)7-4-5-8-12/h3-9H2,1-2H3. The third-order valence-corrected chi connectivity index (χ3v) is 3.89. The highest BCUT2D eigenvalue weighted by Crippen LogP contribution is 2.39. The Bertz CT molecular complexity index is 353. The molecule has 1 fully saturated rings. The van der Waals surface area contributed by atoms with E-state index < -0.39 is 0 Å². The van der Waals surface area contributed by atoms with Crippen LogP contribution in [0.5, 0.6) is 0 Å². The van der Waals surface area contributed by atoms with Crippen molar-refractivity contribution in [3.05, 3.63) is 11.1 Å². The van der Waals surface area contributed by atoms with Gasteiger partial charge in [0.15, 0.2) is 0 Å². The van der Waals surface area contributed by atoms with Crippen LogP contribution in [0.4, 0.5) is 0 Å². The Morgan fingerprint density at radius 1 is 1.31 bits per heavy atom. The first-order valence-electron chi connectivity index (χ1n) is 6.22. The molecular formula is C12H20ClN3. The lowest BCUT2D eigenvalue weighted by molar-refractivity contribution is 0.277. The molecule has 0 saturated heterocycles. The Balaban J connectivity index is 2.16. The van der Waals surface area contributed by atoms with Gasteiger partial charge in [-0.15, -0.1) is 10.2 Å². The Labute approximate surface area is 102 Å². The highest BCUT2D eigenvalue weighted by atomic mass is 35.5. The van der Waals surface area contributed by atoms with Crippen molar-refractivity contribution in [2.45, 2.75) is 58.9 Å². The summed E-state index contributed by atoms with van der Waals surface area (Å²) in [6.07, 6.45) is 7.35. The van der Waals surface area contributed by atoms with Crippen molar-refractivity contribution >= 4 is 11.6 Å². The van der Waals surface area contributed by atoms with Crippen molar-refractivity contribution < 1.29 is 0 Å². The molecule has 4 heteroatoms. The molecule has 1 aliphatic carbocycles. The van der Waals surface area contributed by atoms with Gasteiger partial charge in [0.2, 0.25) is 5.28 Å². The van der Waals surface area contributed by atoms with E-state index in [0.717, 1.165) is 25.2 Å². The van der Waals surface area contributed by atoms with E-state index in [2.05, 4.69) is 28.6 Å². The van der Waals surface area contributed by atoms with Gasteiger partial charge in [0, 0.05) is 13.0 Å². The minimum absolute atomic E-state index is 0.397. The van der Waals surface area contributed by atoms with Crippen molar-refractivity contribution in [1.29, 1.82) is 0 Å². The first-order valence-corrected chi connectivity index (χ1v) is 6.60. The summed E-state index contributed by atoms with van der Waals surface area (Å²) < 4.78 is 2.11. The number of aromatic nitrogens is 3. The monoisotopic (exact) mass is 241 g/mol. The number of hydrogen-bond donors (Lipinski definition) is 0. The van der Waals surface area contributed by atoms with Gasteiger partial charge in [0.25, 0.3) is 0 Å². The van der Waals surface area contributed by atoms with Crippen LogP contribution >= 0.6 is 11.6 Å². The molecule has 90 valence electrons. The van der Waals surface area contributed by atoms with Gasteiger partial charge < -0.3 is 4.57 Å². The van der Waals surface area contributed by atoms with Gasteiger partial charge in [-0.1, -0.05) is 26.7 Å². The van der Waals surface area contributed by atoms with Crippen LogP contribution in [0, 0.1) is 5.41 Å². The minimum atomic E-state index is 0.397. The summed E-state index contributed by atoms with van der Waals surface area (Å²) in [5.74, 6) is 1.04. The fourth-order valence-electron chi connectivity index (χ4n) is 2.65. The molecule has 0 N–H and O–H groups in total. The number of hydrogen-bond acceptors (Lipinski definition) is 2. The summed E-state index contributed by atoms with van der Waals surface area (Å²) in [4.78, 5) is 0. The lowest BCUT2D eigenvalue weighted by atomic mass is 9.89. The summed E-state index contributed by atoms with van der Waals surface area (Å²) in [5, 5.41) is 8.70. The average Bonchev–Trinajstić information content (AvgIpc) is 2.80. The first-order chi connectivity index (χ1) is 7.64. The quantitative estimate of drug-likeness (QED) is 0.808. The molecule has 16 heavy (non-hydrogen) atoms. The summed E-state index contributed by atoms with van der Waals surface area (Å²) in [7, 11) is 0. The molecule has 0 aromatic carbocycles. The second-order valence-corrected chi connectivity index (χ2v) is 5.58.